The lowest BCUT2D eigenvalue weighted by atomic mass is 10.1. The lowest BCUT2D eigenvalue weighted by Gasteiger charge is -2.11. The summed E-state index contributed by atoms with van der Waals surface area (Å²) in [6.07, 6.45) is -0.463. The molecule has 0 saturated heterocycles. The molecule has 0 spiro atoms. The van der Waals surface area contributed by atoms with Crippen LogP contribution in [-0.4, -0.2) is 11.2 Å². The molecular weight excluding hydrogens is 146 g/mol. The van der Waals surface area contributed by atoms with Gasteiger partial charge in [-0.3, -0.25) is 0 Å². The van der Waals surface area contributed by atoms with Crippen LogP contribution < -0.4 is 5.73 Å². The maximum absolute atomic E-state index is 9.07. The average Bonchev–Trinajstić information content (AvgIpc) is 2.36. The van der Waals surface area contributed by atoms with Gasteiger partial charge in [0.05, 0.1) is 12.1 Å². The molecule has 56 valence electrons. The Labute approximate surface area is 64.3 Å². The van der Waals surface area contributed by atoms with Crippen LogP contribution >= 0.6 is 11.3 Å². The van der Waals surface area contributed by atoms with Gasteiger partial charge in [-0.1, -0.05) is 0 Å². The second-order valence-corrected chi connectivity index (χ2v) is 3.10. The fraction of sp³-hybridized carbons (Fsp3) is 0.429. The van der Waals surface area contributed by atoms with Gasteiger partial charge in [-0.15, -0.1) is 0 Å². The third-order valence-electron chi connectivity index (χ3n) is 1.45. The molecule has 2 nitrogen and oxygen atoms in total. The van der Waals surface area contributed by atoms with Crippen molar-refractivity contribution in [3.8, 4) is 0 Å². The summed E-state index contributed by atoms with van der Waals surface area (Å²) in [4.78, 5) is 0. The van der Waals surface area contributed by atoms with Gasteiger partial charge in [0, 0.05) is 0 Å². The van der Waals surface area contributed by atoms with Crippen molar-refractivity contribution in [1.29, 1.82) is 0 Å². The zero-order valence-electron chi connectivity index (χ0n) is 5.82. The quantitative estimate of drug-likeness (QED) is 0.676. The molecule has 0 amide bonds. The highest BCUT2D eigenvalue weighted by Crippen LogP contribution is 2.16. The molecule has 0 radical (unpaired) electrons. The summed E-state index contributed by atoms with van der Waals surface area (Å²) >= 11 is 1.59. The van der Waals surface area contributed by atoms with Gasteiger partial charge in [0.25, 0.3) is 0 Å². The predicted octanol–water partition coefficient (Wildman–Crippen LogP) is 1.13. The van der Waals surface area contributed by atoms with Gasteiger partial charge in [0.15, 0.2) is 0 Å². The summed E-state index contributed by atoms with van der Waals surface area (Å²) in [5, 5.41) is 13.0. The topological polar surface area (TPSA) is 46.2 Å². The summed E-state index contributed by atoms with van der Waals surface area (Å²) in [6, 6.07) is 1.70. The minimum Gasteiger partial charge on any atom is -0.391 e. The van der Waals surface area contributed by atoms with Gasteiger partial charge in [-0.2, -0.15) is 11.3 Å². The van der Waals surface area contributed by atoms with Crippen molar-refractivity contribution in [2.75, 3.05) is 0 Å². The second kappa shape index (κ2) is 3.14. The van der Waals surface area contributed by atoms with Crippen LogP contribution in [0.25, 0.3) is 0 Å². The van der Waals surface area contributed by atoms with E-state index >= 15 is 0 Å². The number of rotatable bonds is 2. The van der Waals surface area contributed by atoms with E-state index in [-0.39, 0.29) is 6.04 Å². The van der Waals surface area contributed by atoms with Crippen LogP contribution in [0.3, 0.4) is 0 Å². The second-order valence-electron chi connectivity index (χ2n) is 2.32. The van der Waals surface area contributed by atoms with Gasteiger partial charge in [0.2, 0.25) is 0 Å². The maximum Gasteiger partial charge on any atom is 0.0705 e. The van der Waals surface area contributed by atoms with Gasteiger partial charge in [-0.05, 0) is 29.3 Å². The van der Waals surface area contributed by atoms with Crippen LogP contribution in [0.5, 0.6) is 0 Å². The highest BCUT2D eigenvalue weighted by molar-refractivity contribution is 7.07. The Bertz CT molecular complexity index is 183. The number of hydrogen-bond donors (Lipinski definition) is 2. The zero-order chi connectivity index (χ0) is 7.56. The van der Waals surface area contributed by atoms with Crippen molar-refractivity contribution in [3.63, 3.8) is 0 Å². The molecule has 3 heteroatoms. The molecule has 1 aromatic heterocycles. The van der Waals surface area contributed by atoms with Gasteiger partial charge in [-0.25, -0.2) is 0 Å². The van der Waals surface area contributed by atoms with Crippen LogP contribution in [0.2, 0.25) is 0 Å². The first-order chi connectivity index (χ1) is 4.72. The molecular formula is C7H11NOS. The monoisotopic (exact) mass is 157 g/mol. The fourth-order valence-electron chi connectivity index (χ4n) is 0.743. The van der Waals surface area contributed by atoms with Crippen LogP contribution in [0, 0.1) is 0 Å². The Morgan fingerprint density at radius 3 is 2.80 bits per heavy atom. The van der Waals surface area contributed by atoms with E-state index < -0.39 is 6.10 Å². The van der Waals surface area contributed by atoms with Crippen LogP contribution in [0.15, 0.2) is 16.8 Å². The first kappa shape index (κ1) is 7.72. The standard InChI is InChI=1S/C7H11NOS/c1-5(9)7(8)6-2-3-10-4-6/h2-5,7,9H,8H2,1H3/t5-,7+/m1/s1. The fourth-order valence-corrected chi connectivity index (χ4v) is 1.45. The Kier molecular flexibility index (Phi) is 2.43. The minimum absolute atomic E-state index is 0.230. The number of thiophene rings is 1. The third-order valence-corrected chi connectivity index (χ3v) is 2.15. The molecule has 2 atom stereocenters. The van der Waals surface area contributed by atoms with Crippen molar-refractivity contribution < 1.29 is 5.11 Å². The number of hydrogen-bond acceptors (Lipinski definition) is 3. The number of aliphatic hydroxyl groups excluding tert-OH is 1. The van der Waals surface area contributed by atoms with E-state index in [0.29, 0.717) is 0 Å². The van der Waals surface area contributed by atoms with E-state index in [9.17, 15) is 0 Å². The van der Waals surface area contributed by atoms with Gasteiger partial charge >= 0.3 is 0 Å². The Balaban J connectivity index is 2.68. The summed E-state index contributed by atoms with van der Waals surface area (Å²) in [5.41, 5.74) is 6.65. The first-order valence-electron chi connectivity index (χ1n) is 3.17. The molecule has 0 aromatic carbocycles. The van der Waals surface area contributed by atoms with Crippen molar-refractivity contribution in [2.24, 2.45) is 5.73 Å². The summed E-state index contributed by atoms with van der Waals surface area (Å²) < 4.78 is 0. The molecule has 0 aliphatic carbocycles. The predicted molar refractivity (Wildman–Crippen MR) is 42.9 cm³/mol. The summed E-state index contributed by atoms with van der Waals surface area (Å²) in [5.74, 6) is 0. The maximum atomic E-state index is 9.07. The lowest BCUT2D eigenvalue weighted by Crippen LogP contribution is -2.22. The molecule has 0 unspecified atom stereocenters. The Morgan fingerprint density at radius 1 is 1.70 bits per heavy atom. The molecule has 10 heavy (non-hydrogen) atoms. The normalized spacial score (nSPS) is 16.7. The Morgan fingerprint density at radius 2 is 2.40 bits per heavy atom. The van der Waals surface area contributed by atoms with E-state index in [2.05, 4.69) is 0 Å². The largest absolute Gasteiger partial charge is 0.391 e. The molecule has 0 aliphatic heterocycles. The SMILES string of the molecule is C[C@@H](O)[C@H](N)c1ccsc1. The molecule has 0 fully saturated rings. The number of aliphatic hydroxyl groups is 1. The van der Waals surface area contributed by atoms with Crippen molar-refractivity contribution in [2.45, 2.75) is 19.1 Å². The highest BCUT2D eigenvalue weighted by Gasteiger charge is 2.10. The minimum atomic E-state index is -0.463. The number of nitrogens with two attached hydrogens (primary N) is 1. The molecule has 1 rings (SSSR count). The molecule has 1 aromatic rings. The van der Waals surface area contributed by atoms with Crippen molar-refractivity contribution in [3.05, 3.63) is 22.4 Å². The van der Waals surface area contributed by atoms with E-state index in [1.807, 2.05) is 16.8 Å². The Hall–Kier alpha value is -0.380. The van der Waals surface area contributed by atoms with E-state index in [1.54, 1.807) is 18.3 Å². The van der Waals surface area contributed by atoms with Crippen LogP contribution in [0.1, 0.15) is 18.5 Å². The van der Waals surface area contributed by atoms with Gasteiger partial charge in [0.1, 0.15) is 0 Å². The zero-order valence-corrected chi connectivity index (χ0v) is 6.64. The molecule has 3 N–H and O–H groups in total. The van der Waals surface area contributed by atoms with Gasteiger partial charge < -0.3 is 10.8 Å². The summed E-state index contributed by atoms with van der Waals surface area (Å²) in [7, 11) is 0. The van der Waals surface area contributed by atoms with E-state index in [4.69, 9.17) is 10.8 Å². The average molecular weight is 157 g/mol. The van der Waals surface area contributed by atoms with Crippen LogP contribution in [-0.2, 0) is 0 Å². The first-order valence-corrected chi connectivity index (χ1v) is 4.12. The van der Waals surface area contributed by atoms with E-state index in [1.165, 1.54) is 0 Å². The smallest absolute Gasteiger partial charge is 0.0705 e. The molecule has 0 aliphatic rings. The molecule has 0 saturated carbocycles. The molecule has 0 bridgehead atoms. The van der Waals surface area contributed by atoms with Crippen molar-refractivity contribution >= 4 is 11.3 Å². The summed E-state index contributed by atoms with van der Waals surface area (Å²) in [6.45, 7) is 1.70. The van der Waals surface area contributed by atoms with E-state index in [0.717, 1.165) is 5.56 Å². The lowest BCUT2D eigenvalue weighted by molar-refractivity contribution is 0.164. The third kappa shape index (κ3) is 1.56. The molecule has 1 heterocycles. The van der Waals surface area contributed by atoms with Crippen molar-refractivity contribution in [1.82, 2.24) is 0 Å². The highest BCUT2D eigenvalue weighted by atomic mass is 32.1. The van der Waals surface area contributed by atoms with Crippen LogP contribution in [0.4, 0.5) is 0 Å².